The predicted molar refractivity (Wildman–Crippen MR) is 157 cm³/mol. The molecule has 1 aliphatic heterocycles. The number of carbonyl (C=O) groups excluding carboxylic acids is 1. The van der Waals surface area contributed by atoms with Crippen LogP contribution < -0.4 is 10.1 Å². The van der Waals surface area contributed by atoms with Crippen molar-refractivity contribution in [2.75, 3.05) is 19.8 Å². The van der Waals surface area contributed by atoms with Crippen LogP contribution in [0.5, 0.6) is 5.75 Å². The minimum atomic E-state index is -1.38. The second-order valence-corrected chi connectivity index (χ2v) is 10.00. The number of aliphatic hydroxyl groups is 1. The van der Waals surface area contributed by atoms with Crippen molar-refractivity contribution in [2.24, 2.45) is 10.1 Å². The van der Waals surface area contributed by atoms with E-state index in [-0.39, 0.29) is 32.0 Å². The number of azide groups is 1. The van der Waals surface area contributed by atoms with Crippen molar-refractivity contribution in [1.29, 1.82) is 0 Å². The van der Waals surface area contributed by atoms with Gasteiger partial charge in [-0.3, -0.25) is 4.79 Å². The van der Waals surface area contributed by atoms with Crippen molar-refractivity contribution < 1.29 is 19.4 Å². The van der Waals surface area contributed by atoms with Crippen LogP contribution in [-0.2, 0) is 22.5 Å². The van der Waals surface area contributed by atoms with Gasteiger partial charge >= 0.3 is 0 Å². The van der Waals surface area contributed by atoms with Gasteiger partial charge in [0.2, 0.25) is 5.90 Å². The average molecular weight is 605 g/mol. The number of carbonyl (C=O) groups is 1. The highest BCUT2D eigenvalue weighted by molar-refractivity contribution is 9.10. The van der Waals surface area contributed by atoms with Gasteiger partial charge < -0.3 is 19.9 Å². The fraction of sp³-hybridized carbons (Fsp3) is 0.267. The largest absolute Gasteiger partial charge is 0.494 e. The number of amides is 1. The maximum Gasteiger partial charge on any atom is 0.252 e. The molecule has 206 valence electrons. The first kappa shape index (κ1) is 28.9. The number of hydrogen-bond donors (Lipinski definition) is 2. The number of hydrogen-bond acceptors (Lipinski definition) is 6. The Morgan fingerprint density at radius 2 is 1.90 bits per heavy atom. The first-order chi connectivity index (χ1) is 19.5. The van der Waals surface area contributed by atoms with Crippen LogP contribution in [0.2, 0.25) is 0 Å². The highest BCUT2D eigenvalue weighted by Gasteiger charge is 2.53. The van der Waals surface area contributed by atoms with E-state index < -0.39 is 11.6 Å². The first-order valence-electron chi connectivity index (χ1n) is 12.8. The summed E-state index contributed by atoms with van der Waals surface area (Å²) in [6, 6.07) is 22.4. The molecule has 0 saturated heterocycles. The minimum absolute atomic E-state index is 0.0544. The van der Waals surface area contributed by atoms with Crippen LogP contribution in [0.15, 0.2) is 100 Å². The number of aliphatic imine (C=N–C) groups is 1. The van der Waals surface area contributed by atoms with Crippen molar-refractivity contribution in [2.45, 2.75) is 31.0 Å². The zero-order valence-corrected chi connectivity index (χ0v) is 23.5. The van der Waals surface area contributed by atoms with Crippen molar-refractivity contribution in [3.63, 3.8) is 0 Å². The Hall–Kier alpha value is -4.11. The number of benzene rings is 3. The summed E-state index contributed by atoms with van der Waals surface area (Å²) >= 11 is 3.63. The van der Waals surface area contributed by atoms with Crippen LogP contribution in [-0.4, -0.2) is 42.2 Å². The van der Waals surface area contributed by atoms with Crippen LogP contribution >= 0.6 is 15.9 Å². The number of nitrogens with one attached hydrogen (secondary N) is 1. The lowest BCUT2D eigenvalue weighted by atomic mass is 9.80. The Morgan fingerprint density at radius 1 is 1.18 bits per heavy atom. The van der Waals surface area contributed by atoms with E-state index >= 15 is 0 Å². The molecule has 0 aromatic heterocycles. The third-order valence-corrected chi connectivity index (χ3v) is 7.27. The summed E-state index contributed by atoms with van der Waals surface area (Å²) in [5.41, 5.74) is 10.6. The number of ether oxygens (including phenoxy) is 2. The van der Waals surface area contributed by atoms with E-state index in [2.05, 4.69) is 37.9 Å². The monoisotopic (exact) mass is 603 g/mol. The maximum atomic E-state index is 14.0. The third-order valence-electron chi connectivity index (χ3n) is 6.50. The molecule has 0 bridgehead atoms. The fourth-order valence-corrected chi connectivity index (χ4v) is 4.98. The Bertz CT molecular complexity index is 1420. The van der Waals surface area contributed by atoms with Gasteiger partial charge in [0.05, 0.1) is 13.2 Å². The lowest BCUT2D eigenvalue weighted by molar-refractivity contribution is -0.128. The summed E-state index contributed by atoms with van der Waals surface area (Å²) in [5, 5.41) is 15.7. The molecule has 1 heterocycles. The van der Waals surface area contributed by atoms with E-state index in [1.54, 1.807) is 18.2 Å². The quantitative estimate of drug-likeness (QED) is 0.0837. The van der Waals surface area contributed by atoms with Crippen molar-refractivity contribution in [3.8, 4) is 5.75 Å². The lowest BCUT2D eigenvalue weighted by Crippen LogP contribution is -2.50. The molecule has 0 fully saturated rings. The standard InChI is InChI=1S/C30H30BrN5O4/c1-2-16-33-29(38)30(19-22-8-4-6-11-26(22)31)27(25-10-5-3-9-23(25)20-34-36-32)40-28(35-30)21-12-14-24(15-13-21)39-18-7-17-37/h2-6,8-15,27,37H,1,7,16-20H2,(H,33,38)/t27-,30-/m1/s1. The normalized spacial score (nSPS) is 17.8. The molecule has 0 unspecified atom stereocenters. The summed E-state index contributed by atoms with van der Waals surface area (Å²) in [6.45, 7) is 4.55. The molecule has 3 aromatic rings. The number of halogens is 1. The van der Waals surface area contributed by atoms with E-state index in [4.69, 9.17) is 25.1 Å². The zero-order valence-electron chi connectivity index (χ0n) is 21.9. The van der Waals surface area contributed by atoms with Crippen molar-refractivity contribution >= 4 is 27.7 Å². The topological polar surface area (TPSA) is 129 Å². The molecule has 4 rings (SSSR count). The highest BCUT2D eigenvalue weighted by atomic mass is 79.9. The van der Waals surface area contributed by atoms with Gasteiger partial charge in [-0.1, -0.05) is 69.6 Å². The molecule has 0 aliphatic carbocycles. The molecule has 3 aromatic carbocycles. The Labute approximate surface area is 241 Å². The average Bonchev–Trinajstić information content (AvgIpc) is 3.37. The van der Waals surface area contributed by atoms with Crippen LogP contribution in [0.1, 0.15) is 34.8 Å². The molecule has 1 amide bonds. The molecule has 0 spiro atoms. The Balaban J connectivity index is 1.84. The SMILES string of the molecule is C=CCNC(=O)[C@]1(Cc2ccccc2Br)N=C(c2ccc(OCCCO)cc2)O[C@@H]1c1ccccc1CN=[N+]=[N-]. The molecular weight excluding hydrogens is 574 g/mol. The van der Waals surface area contributed by atoms with Gasteiger partial charge in [0.15, 0.2) is 11.6 Å². The van der Waals surface area contributed by atoms with Crippen molar-refractivity contribution in [3.05, 3.63) is 123 Å². The molecule has 2 N–H and O–H groups in total. The molecule has 0 saturated carbocycles. The van der Waals surface area contributed by atoms with Gasteiger partial charge in [0.25, 0.3) is 5.91 Å². The van der Waals surface area contributed by atoms with Gasteiger partial charge in [-0.05, 0) is 52.6 Å². The van der Waals surface area contributed by atoms with E-state index in [1.165, 1.54) is 0 Å². The summed E-state index contributed by atoms with van der Waals surface area (Å²) < 4.78 is 13.1. The fourth-order valence-electron chi connectivity index (χ4n) is 4.55. The third kappa shape index (κ3) is 6.54. The maximum absolute atomic E-state index is 14.0. The molecule has 40 heavy (non-hydrogen) atoms. The second kappa shape index (κ2) is 13.8. The van der Waals surface area contributed by atoms with Crippen LogP contribution in [0, 0.1) is 0 Å². The highest BCUT2D eigenvalue weighted by Crippen LogP contribution is 2.44. The lowest BCUT2D eigenvalue weighted by Gasteiger charge is -2.32. The van der Waals surface area contributed by atoms with Crippen molar-refractivity contribution in [1.82, 2.24) is 5.32 Å². The van der Waals surface area contributed by atoms with E-state index in [9.17, 15) is 4.79 Å². The molecule has 10 heteroatoms. The Morgan fingerprint density at radius 3 is 2.60 bits per heavy atom. The van der Waals surface area contributed by atoms with E-state index in [0.29, 0.717) is 35.8 Å². The molecule has 1 aliphatic rings. The summed E-state index contributed by atoms with van der Waals surface area (Å²) in [7, 11) is 0. The number of rotatable bonds is 13. The van der Waals surface area contributed by atoms with Crippen LogP contribution in [0.25, 0.3) is 10.4 Å². The molecular formula is C30H30BrN5O4. The molecule has 2 atom stereocenters. The zero-order chi connectivity index (χ0) is 28.4. The van der Waals surface area contributed by atoms with E-state index in [0.717, 1.165) is 15.6 Å². The smallest absolute Gasteiger partial charge is 0.252 e. The van der Waals surface area contributed by atoms with Gasteiger partial charge in [-0.15, -0.1) is 6.58 Å². The summed E-state index contributed by atoms with van der Waals surface area (Å²) in [4.78, 5) is 22.0. The molecule has 0 radical (unpaired) electrons. The van der Waals surface area contributed by atoms with Gasteiger partial charge in [-0.2, -0.15) is 0 Å². The summed E-state index contributed by atoms with van der Waals surface area (Å²) in [6.07, 6.45) is 1.57. The van der Waals surface area contributed by atoms with Gasteiger partial charge in [-0.25, -0.2) is 4.99 Å². The predicted octanol–water partition coefficient (Wildman–Crippen LogP) is 5.82. The molecule has 9 nitrogen and oxygen atoms in total. The second-order valence-electron chi connectivity index (χ2n) is 9.14. The van der Waals surface area contributed by atoms with Gasteiger partial charge in [0.1, 0.15) is 5.75 Å². The van der Waals surface area contributed by atoms with Crippen LogP contribution in [0.3, 0.4) is 0 Å². The Kier molecular flexibility index (Phi) is 9.96. The van der Waals surface area contributed by atoms with Gasteiger partial charge in [0, 0.05) is 40.9 Å². The number of nitrogens with zero attached hydrogens (tertiary/aromatic N) is 4. The summed E-state index contributed by atoms with van der Waals surface area (Å²) in [5.74, 6) is 0.646. The van der Waals surface area contributed by atoms with E-state index in [1.807, 2.05) is 60.7 Å². The van der Waals surface area contributed by atoms with Crippen LogP contribution in [0.4, 0.5) is 0 Å². The number of aliphatic hydroxyl groups excluding tert-OH is 1. The minimum Gasteiger partial charge on any atom is -0.494 e. The first-order valence-corrected chi connectivity index (χ1v) is 13.6.